The molecule has 0 radical (unpaired) electrons. The van der Waals surface area contributed by atoms with Crippen LogP contribution in [0.2, 0.25) is 5.02 Å². The maximum Gasteiger partial charge on any atom is 0.257 e. The maximum absolute atomic E-state index is 13.9. The number of nitrogens with zero attached hydrogens (tertiary/aromatic N) is 1. The van der Waals surface area contributed by atoms with E-state index in [1.165, 1.54) is 12.1 Å². The van der Waals surface area contributed by atoms with E-state index in [0.717, 1.165) is 19.3 Å². The predicted octanol–water partition coefficient (Wildman–Crippen LogP) is 2.82. The monoisotopic (exact) mass is 284 g/mol. The van der Waals surface area contributed by atoms with E-state index >= 15 is 0 Å². The van der Waals surface area contributed by atoms with Crippen molar-refractivity contribution in [2.24, 2.45) is 5.73 Å². The van der Waals surface area contributed by atoms with Crippen LogP contribution in [0, 0.1) is 5.82 Å². The van der Waals surface area contributed by atoms with Crippen molar-refractivity contribution in [1.82, 2.24) is 4.90 Å². The molecule has 3 nitrogen and oxygen atoms in total. The number of amides is 1. The van der Waals surface area contributed by atoms with Gasteiger partial charge >= 0.3 is 0 Å². The van der Waals surface area contributed by atoms with Crippen molar-refractivity contribution in [3.63, 3.8) is 0 Å². The van der Waals surface area contributed by atoms with Crippen LogP contribution in [0.1, 0.15) is 36.5 Å². The third-order valence-corrected chi connectivity index (χ3v) is 3.89. The molecule has 1 fully saturated rings. The van der Waals surface area contributed by atoms with Crippen molar-refractivity contribution < 1.29 is 9.18 Å². The second-order valence-electron chi connectivity index (χ2n) is 5.02. The Hall–Kier alpha value is -1.13. The van der Waals surface area contributed by atoms with Gasteiger partial charge in [-0.25, -0.2) is 4.39 Å². The highest BCUT2D eigenvalue weighted by atomic mass is 35.5. The number of nitrogens with two attached hydrogens (primary N) is 1. The average molecular weight is 285 g/mol. The fraction of sp³-hybridized carbons (Fsp3) is 0.500. The maximum atomic E-state index is 13.9. The van der Waals surface area contributed by atoms with Crippen LogP contribution < -0.4 is 5.73 Å². The molecule has 2 rings (SSSR count). The first-order chi connectivity index (χ1) is 9.02. The number of halogens is 2. The summed E-state index contributed by atoms with van der Waals surface area (Å²) in [7, 11) is 0. The number of piperidine rings is 1. The molecule has 1 heterocycles. The summed E-state index contributed by atoms with van der Waals surface area (Å²) >= 11 is 5.73. The lowest BCUT2D eigenvalue weighted by Gasteiger charge is -2.38. The molecule has 1 aromatic rings. The molecule has 1 amide bonds. The zero-order valence-electron chi connectivity index (χ0n) is 10.9. The minimum Gasteiger partial charge on any atom is -0.334 e. The molecule has 104 valence electrons. The third kappa shape index (κ3) is 2.90. The van der Waals surface area contributed by atoms with Crippen molar-refractivity contribution in [2.45, 2.75) is 38.3 Å². The smallest absolute Gasteiger partial charge is 0.257 e. The van der Waals surface area contributed by atoms with Crippen LogP contribution in [0.3, 0.4) is 0 Å². The summed E-state index contributed by atoms with van der Waals surface area (Å²) in [5, 5.41) is -0.0276. The summed E-state index contributed by atoms with van der Waals surface area (Å²) in [5.41, 5.74) is 5.96. The Morgan fingerprint density at radius 3 is 2.95 bits per heavy atom. The molecule has 2 unspecified atom stereocenters. The zero-order valence-corrected chi connectivity index (χ0v) is 11.7. The van der Waals surface area contributed by atoms with Crippen molar-refractivity contribution in [1.29, 1.82) is 0 Å². The minimum atomic E-state index is -0.650. The van der Waals surface area contributed by atoms with Crippen LogP contribution in [0.5, 0.6) is 0 Å². The van der Waals surface area contributed by atoms with E-state index in [9.17, 15) is 9.18 Å². The van der Waals surface area contributed by atoms with Gasteiger partial charge in [0.05, 0.1) is 10.6 Å². The number of hydrogen-bond donors (Lipinski definition) is 1. The Balaban J connectivity index is 2.29. The van der Waals surface area contributed by atoms with E-state index in [-0.39, 0.29) is 28.6 Å². The molecule has 0 bridgehead atoms. The van der Waals surface area contributed by atoms with Crippen LogP contribution in [-0.4, -0.2) is 29.4 Å². The van der Waals surface area contributed by atoms with Gasteiger partial charge in [-0.15, -0.1) is 0 Å². The van der Waals surface area contributed by atoms with Gasteiger partial charge in [-0.2, -0.15) is 0 Å². The second-order valence-corrected chi connectivity index (χ2v) is 5.43. The van der Waals surface area contributed by atoms with E-state index < -0.39 is 5.82 Å². The van der Waals surface area contributed by atoms with Crippen molar-refractivity contribution in [3.05, 3.63) is 34.6 Å². The summed E-state index contributed by atoms with van der Waals surface area (Å²) in [5.74, 6) is -0.967. The van der Waals surface area contributed by atoms with Crippen LogP contribution in [0.15, 0.2) is 18.2 Å². The summed E-state index contributed by atoms with van der Waals surface area (Å²) in [4.78, 5) is 14.1. The Morgan fingerprint density at radius 1 is 1.53 bits per heavy atom. The highest BCUT2D eigenvalue weighted by Gasteiger charge is 2.31. The fourth-order valence-corrected chi connectivity index (χ4v) is 2.75. The lowest BCUT2D eigenvalue weighted by atomic mass is 9.96. The van der Waals surface area contributed by atoms with Crippen molar-refractivity contribution in [3.8, 4) is 0 Å². The topological polar surface area (TPSA) is 46.3 Å². The van der Waals surface area contributed by atoms with Crippen LogP contribution in [-0.2, 0) is 0 Å². The summed E-state index contributed by atoms with van der Waals surface area (Å²) < 4.78 is 13.9. The molecule has 0 saturated carbocycles. The van der Waals surface area contributed by atoms with Gasteiger partial charge in [0, 0.05) is 18.6 Å². The molecule has 2 atom stereocenters. The van der Waals surface area contributed by atoms with Crippen molar-refractivity contribution in [2.75, 3.05) is 6.54 Å². The summed E-state index contributed by atoms with van der Waals surface area (Å²) in [6, 6.07) is 4.35. The van der Waals surface area contributed by atoms with Gasteiger partial charge in [0.25, 0.3) is 5.91 Å². The first-order valence-corrected chi connectivity index (χ1v) is 6.90. The van der Waals surface area contributed by atoms with Crippen LogP contribution in [0.4, 0.5) is 4.39 Å². The molecular formula is C14H18ClFN2O. The van der Waals surface area contributed by atoms with E-state index in [2.05, 4.69) is 0 Å². The molecule has 1 aliphatic heterocycles. The largest absolute Gasteiger partial charge is 0.334 e. The Kier molecular flexibility index (Phi) is 4.42. The molecule has 0 spiro atoms. The SMILES string of the molecule is CC(N)C1CCCCN1C(=O)c1cccc(Cl)c1F. The predicted molar refractivity (Wildman–Crippen MR) is 73.7 cm³/mol. The number of carbonyl (C=O) groups is 1. The molecule has 0 aliphatic carbocycles. The molecule has 0 aromatic heterocycles. The standard InChI is InChI=1S/C14H18ClFN2O/c1-9(17)12-7-2-3-8-18(12)14(19)10-5-4-6-11(15)13(10)16/h4-6,9,12H,2-3,7-8,17H2,1H3. The fourth-order valence-electron chi connectivity index (χ4n) is 2.58. The molecular weight excluding hydrogens is 267 g/mol. The summed E-state index contributed by atoms with van der Waals surface area (Å²) in [6.07, 6.45) is 2.84. The first kappa shape index (κ1) is 14.3. The van der Waals surface area contributed by atoms with Crippen molar-refractivity contribution >= 4 is 17.5 Å². The van der Waals surface area contributed by atoms with Crippen LogP contribution >= 0.6 is 11.6 Å². The number of carbonyl (C=O) groups excluding carboxylic acids is 1. The number of hydrogen-bond acceptors (Lipinski definition) is 2. The number of likely N-dealkylation sites (tertiary alicyclic amines) is 1. The Labute approximate surface area is 117 Å². The zero-order chi connectivity index (χ0) is 14.0. The highest BCUT2D eigenvalue weighted by Crippen LogP contribution is 2.24. The van der Waals surface area contributed by atoms with Crippen LogP contribution in [0.25, 0.3) is 0 Å². The number of benzene rings is 1. The van der Waals surface area contributed by atoms with Gasteiger partial charge in [-0.1, -0.05) is 17.7 Å². The lowest BCUT2D eigenvalue weighted by molar-refractivity contribution is 0.0579. The molecule has 2 N–H and O–H groups in total. The summed E-state index contributed by atoms with van der Waals surface area (Å²) in [6.45, 7) is 2.50. The molecule has 1 saturated heterocycles. The molecule has 1 aromatic carbocycles. The normalized spacial score (nSPS) is 21.3. The van der Waals surface area contributed by atoms with Gasteiger partial charge in [0.2, 0.25) is 0 Å². The highest BCUT2D eigenvalue weighted by molar-refractivity contribution is 6.31. The molecule has 5 heteroatoms. The molecule has 19 heavy (non-hydrogen) atoms. The Morgan fingerprint density at radius 2 is 2.26 bits per heavy atom. The lowest BCUT2D eigenvalue weighted by Crippen LogP contribution is -2.51. The first-order valence-electron chi connectivity index (χ1n) is 6.53. The van der Waals surface area contributed by atoms with Gasteiger partial charge in [-0.05, 0) is 38.3 Å². The third-order valence-electron chi connectivity index (χ3n) is 3.60. The van der Waals surface area contributed by atoms with Gasteiger partial charge in [0.1, 0.15) is 0 Å². The van der Waals surface area contributed by atoms with E-state index in [4.69, 9.17) is 17.3 Å². The second kappa shape index (κ2) is 5.88. The quantitative estimate of drug-likeness (QED) is 0.908. The van der Waals surface area contributed by atoms with Gasteiger partial charge < -0.3 is 10.6 Å². The van der Waals surface area contributed by atoms with E-state index in [1.807, 2.05) is 6.92 Å². The van der Waals surface area contributed by atoms with E-state index in [0.29, 0.717) is 6.54 Å². The average Bonchev–Trinajstić information content (AvgIpc) is 2.41. The Bertz CT molecular complexity index is 479. The minimum absolute atomic E-state index is 0.0276. The molecule has 1 aliphatic rings. The van der Waals surface area contributed by atoms with E-state index in [1.54, 1.807) is 11.0 Å². The number of rotatable bonds is 2. The van der Waals surface area contributed by atoms with Gasteiger partial charge in [0.15, 0.2) is 5.82 Å². The van der Waals surface area contributed by atoms with Gasteiger partial charge in [-0.3, -0.25) is 4.79 Å².